The van der Waals surface area contributed by atoms with Gasteiger partial charge >= 0.3 is 6.03 Å². The van der Waals surface area contributed by atoms with E-state index in [9.17, 15) is 24.0 Å². The highest BCUT2D eigenvalue weighted by molar-refractivity contribution is 7.12. The number of ether oxygens (including phenoxy) is 1. The Morgan fingerprint density at radius 1 is 1.04 bits per heavy atom. The number of hydrogen-bond acceptors (Lipinski definition) is 9. The van der Waals surface area contributed by atoms with Crippen LogP contribution in [0, 0.1) is 25.2 Å². The van der Waals surface area contributed by atoms with Crippen molar-refractivity contribution in [1.82, 2.24) is 35.9 Å². The molecule has 3 fully saturated rings. The molecule has 0 bridgehead atoms. The molecule has 0 radical (unpaired) electrons. The normalized spacial score (nSPS) is 20.9. The van der Waals surface area contributed by atoms with E-state index < -0.39 is 64.7 Å². The molecule has 0 spiro atoms. The van der Waals surface area contributed by atoms with Gasteiger partial charge in [0.15, 0.2) is 0 Å². The van der Waals surface area contributed by atoms with Crippen LogP contribution in [0.3, 0.4) is 0 Å². The Morgan fingerprint density at radius 2 is 1.73 bits per heavy atom. The number of ketones is 1. The molecule has 2 aromatic heterocycles. The third-order valence-electron chi connectivity index (χ3n) is 10.4. The van der Waals surface area contributed by atoms with E-state index in [4.69, 9.17) is 9.73 Å². The molecule has 1 unspecified atom stereocenters. The summed E-state index contributed by atoms with van der Waals surface area (Å²) in [6.07, 6.45) is 4.32. The number of likely N-dealkylation sites (tertiary alicyclic amines) is 1. The van der Waals surface area contributed by atoms with Gasteiger partial charge in [0.1, 0.15) is 18.2 Å². The summed E-state index contributed by atoms with van der Waals surface area (Å²) in [7, 11) is 1.87. The first-order valence-electron chi connectivity index (χ1n) is 19.5. The van der Waals surface area contributed by atoms with Gasteiger partial charge in [0.25, 0.3) is 5.91 Å². The van der Waals surface area contributed by atoms with Gasteiger partial charge in [0, 0.05) is 25.0 Å². The van der Waals surface area contributed by atoms with Crippen LogP contribution < -0.4 is 21.3 Å². The quantitative estimate of drug-likeness (QED) is 0.130. The van der Waals surface area contributed by atoms with Crippen molar-refractivity contribution < 1.29 is 28.7 Å². The van der Waals surface area contributed by atoms with Gasteiger partial charge in [-0.1, -0.05) is 40.0 Å². The Bertz CT molecular complexity index is 1780. The van der Waals surface area contributed by atoms with Gasteiger partial charge in [-0.25, -0.2) is 9.79 Å². The molecule has 2 aliphatic carbocycles. The summed E-state index contributed by atoms with van der Waals surface area (Å²) in [6.45, 7) is 17.0. The van der Waals surface area contributed by atoms with Gasteiger partial charge in [-0.05, 0) is 95.2 Å². The number of amides is 5. The van der Waals surface area contributed by atoms with E-state index in [1.165, 1.54) is 16.2 Å². The van der Waals surface area contributed by atoms with Crippen molar-refractivity contribution in [2.75, 3.05) is 6.54 Å². The van der Waals surface area contributed by atoms with Crippen molar-refractivity contribution in [2.24, 2.45) is 23.4 Å². The minimum Gasteiger partial charge on any atom is -0.472 e. The number of hydrogen-bond donors (Lipinski definition) is 4. The molecule has 5 atom stereocenters. The van der Waals surface area contributed by atoms with Crippen LogP contribution in [0.1, 0.15) is 121 Å². The zero-order chi connectivity index (χ0) is 40.4. The third kappa shape index (κ3) is 10.9. The van der Waals surface area contributed by atoms with Crippen LogP contribution in [0.4, 0.5) is 4.79 Å². The first-order chi connectivity index (χ1) is 25.7. The SMILES string of the molecule is Cc1cc(C(C)N=C(O[C@@H]2C[C@@H](C(=O)N[C@@H](CC3CCC3)C(=O)C(=O)NC3CC3)N(C(=O)[C@@H](NC(=O)NC(C)(C)C)C(C)(C)C)C2)c2sccc2C)n(C)n1. The fraction of sp³-hybridized carbons (Fsp3) is 0.675. The minimum absolute atomic E-state index is 0.0119. The fourth-order valence-electron chi connectivity index (χ4n) is 7.06. The summed E-state index contributed by atoms with van der Waals surface area (Å²) in [4.78, 5) is 76.1. The number of rotatable bonds is 13. The molecule has 2 aromatic rings. The van der Waals surface area contributed by atoms with Gasteiger partial charge < -0.3 is 30.9 Å². The topological polar surface area (TPSA) is 176 Å². The Morgan fingerprint density at radius 3 is 2.25 bits per heavy atom. The van der Waals surface area contributed by atoms with E-state index in [1.54, 1.807) is 4.68 Å². The molecule has 14 nitrogen and oxygen atoms in total. The Labute approximate surface area is 329 Å². The van der Waals surface area contributed by atoms with Crippen molar-refractivity contribution in [2.45, 2.75) is 149 Å². The standard InChI is InChI=1S/C40H60N8O6S/c1-22-16-17-55-32(22)36(41-24(3)29-18-23(2)46-47(29)10)54-27-20-30(48(21-27)37(52)33(39(4,5)6)44-38(53)45-40(7,8)9)34(50)43-28(19-25-12-11-13-25)31(49)35(51)42-26-14-15-26/h16-18,24-28,30,33H,11-15,19-21H2,1-10H3,(H,42,51)(H,43,50)(H2,44,45,53)/t24?,27-,28+,30+,33-/m1/s1. The number of Topliss-reactive ketones (excluding diaryl/α,β-unsaturated/α-hetero) is 1. The van der Waals surface area contributed by atoms with Gasteiger partial charge in [0.2, 0.25) is 23.5 Å². The average molecular weight is 781 g/mol. The number of urea groups is 1. The fourth-order valence-corrected chi connectivity index (χ4v) is 7.92. The number of carbonyl (C=O) groups is 5. The Balaban J connectivity index is 1.46. The van der Waals surface area contributed by atoms with Gasteiger partial charge in [-0.3, -0.25) is 23.9 Å². The van der Waals surface area contributed by atoms with E-state index in [0.717, 1.165) is 53.9 Å². The largest absolute Gasteiger partial charge is 0.472 e. The average Bonchev–Trinajstić information content (AvgIpc) is 3.42. The summed E-state index contributed by atoms with van der Waals surface area (Å²) < 4.78 is 8.50. The molecule has 3 heterocycles. The molecule has 55 heavy (non-hydrogen) atoms. The minimum atomic E-state index is -1.05. The molecule has 0 aromatic carbocycles. The molecule has 5 rings (SSSR count). The summed E-state index contributed by atoms with van der Waals surface area (Å²) in [5.74, 6) is -1.77. The first-order valence-corrected chi connectivity index (χ1v) is 20.4. The van der Waals surface area contributed by atoms with E-state index >= 15 is 0 Å². The number of aryl methyl sites for hydroxylation is 3. The van der Waals surface area contributed by atoms with Crippen molar-refractivity contribution in [3.8, 4) is 0 Å². The monoisotopic (exact) mass is 780 g/mol. The van der Waals surface area contributed by atoms with E-state index in [2.05, 4.69) is 26.4 Å². The number of thiophene rings is 1. The highest BCUT2D eigenvalue weighted by Gasteiger charge is 2.47. The van der Waals surface area contributed by atoms with Gasteiger partial charge in [-0.2, -0.15) is 5.10 Å². The molecule has 2 saturated carbocycles. The lowest BCUT2D eigenvalue weighted by Gasteiger charge is -2.36. The van der Waals surface area contributed by atoms with Crippen LogP contribution in [-0.2, 0) is 31.0 Å². The molecule has 1 aliphatic heterocycles. The van der Waals surface area contributed by atoms with Crippen molar-refractivity contribution >= 4 is 46.8 Å². The number of nitrogens with zero attached hydrogens (tertiary/aromatic N) is 4. The molecule has 302 valence electrons. The second-order valence-electron chi connectivity index (χ2n) is 17.7. The molecular weight excluding hydrogens is 721 g/mol. The molecule has 15 heteroatoms. The number of aromatic nitrogens is 2. The van der Waals surface area contributed by atoms with Crippen molar-refractivity contribution in [3.63, 3.8) is 0 Å². The number of nitrogens with one attached hydrogen (secondary N) is 4. The smallest absolute Gasteiger partial charge is 0.315 e. The zero-order valence-corrected chi connectivity index (χ0v) is 34.9. The first kappa shape index (κ1) is 41.9. The maximum absolute atomic E-state index is 14.7. The molecule has 5 amide bonds. The van der Waals surface area contributed by atoms with Crippen LogP contribution >= 0.6 is 11.3 Å². The van der Waals surface area contributed by atoms with Crippen molar-refractivity contribution in [1.29, 1.82) is 0 Å². The molecule has 1 saturated heterocycles. The van der Waals surface area contributed by atoms with Crippen molar-refractivity contribution in [3.05, 3.63) is 39.3 Å². The van der Waals surface area contributed by atoms with Crippen LogP contribution in [-0.4, -0.2) is 92.5 Å². The molecule has 3 aliphatic rings. The molecule has 4 N–H and O–H groups in total. The highest BCUT2D eigenvalue weighted by atomic mass is 32.1. The van der Waals surface area contributed by atoms with E-state index in [0.29, 0.717) is 12.3 Å². The zero-order valence-electron chi connectivity index (χ0n) is 34.1. The highest BCUT2D eigenvalue weighted by Crippen LogP contribution is 2.33. The van der Waals surface area contributed by atoms with Crippen LogP contribution in [0.15, 0.2) is 22.5 Å². The summed E-state index contributed by atoms with van der Waals surface area (Å²) >= 11 is 1.49. The van der Waals surface area contributed by atoms with E-state index in [-0.39, 0.29) is 31.0 Å². The van der Waals surface area contributed by atoms with Crippen LogP contribution in [0.5, 0.6) is 0 Å². The van der Waals surface area contributed by atoms with Gasteiger partial charge in [0.05, 0.1) is 34.9 Å². The summed E-state index contributed by atoms with van der Waals surface area (Å²) in [6, 6.07) is 0.0196. The van der Waals surface area contributed by atoms with Crippen LogP contribution in [0.2, 0.25) is 0 Å². The lowest BCUT2D eigenvalue weighted by atomic mass is 9.80. The Hall–Kier alpha value is -4.27. The lowest BCUT2D eigenvalue weighted by molar-refractivity contribution is -0.144. The van der Waals surface area contributed by atoms with Crippen LogP contribution in [0.25, 0.3) is 0 Å². The number of aliphatic imine (C=N–C) groups is 1. The van der Waals surface area contributed by atoms with E-state index in [1.807, 2.05) is 86.9 Å². The second kappa shape index (κ2) is 16.8. The summed E-state index contributed by atoms with van der Waals surface area (Å²) in [5, 5.41) is 17.9. The third-order valence-corrected chi connectivity index (χ3v) is 11.4. The Kier molecular flexibility index (Phi) is 12.8. The van der Waals surface area contributed by atoms with Gasteiger partial charge in [-0.15, -0.1) is 11.3 Å². The predicted octanol–water partition coefficient (Wildman–Crippen LogP) is 4.63. The second-order valence-corrected chi connectivity index (χ2v) is 18.6. The predicted molar refractivity (Wildman–Crippen MR) is 212 cm³/mol. The maximum Gasteiger partial charge on any atom is 0.315 e. The summed E-state index contributed by atoms with van der Waals surface area (Å²) in [5.41, 5.74) is 1.44. The number of carbonyl (C=O) groups excluding carboxylic acids is 5. The lowest BCUT2D eigenvalue weighted by Crippen LogP contribution is -2.61. The molecular formula is C40H60N8O6S. The maximum atomic E-state index is 14.7.